The number of aromatic hydroxyl groups is 1. The molecule has 4 heteroatoms. The van der Waals surface area contributed by atoms with Crippen LogP contribution < -0.4 is 4.74 Å². The molecule has 3 saturated carbocycles. The fourth-order valence-corrected chi connectivity index (χ4v) is 9.92. The van der Waals surface area contributed by atoms with Crippen molar-refractivity contribution in [3.05, 3.63) is 41.5 Å². The van der Waals surface area contributed by atoms with Crippen LogP contribution in [0.25, 0.3) is 6.08 Å². The summed E-state index contributed by atoms with van der Waals surface area (Å²) in [4.78, 5) is 12.7. The molecule has 1 aromatic rings. The van der Waals surface area contributed by atoms with E-state index in [1.165, 1.54) is 64.6 Å². The first-order valence-electron chi connectivity index (χ1n) is 16.5. The number of hydrogen-bond acceptors (Lipinski definition) is 4. The van der Waals surface area contributed by atoms with Crippen LogP contribution in [0, 0.1) is 46.3 Å². The van der Waals surface area contributed by atoms with E-state index in [9.17, 15) is 9.90 Å². The van der Waals surface area contributed by atoms with E-state index in [-0.39, 0.29) is 23.2 Å². The number of fused-ring (bicyclic) bond motifs is 5. The molecule has 0 radical (unpaired) electrons. The Morgan fingerprint density at radius 2 is 1.88 bits per heavy atom. The highest BCUT2D eigenvalue weighted by molar-refractivity contribution is 5.87. The van der Waals surface area contributed by atoms with Gasteiger partial charge in [-0.2, -0.15) is 0 Å². The first-order valence-corrected chi connectivity index (χ1v) is 16.5. The van der Waals surface area contributed by atoms with Crippen LogP contribution in [-0.2, 0) is 9.53 Å². The molecule has 0 aliphatic heterocycles. The monoisotopic (exact) mass is 562 g/mol. The van der Waals surface area contributed by atoms with Gasteiger partial charge in [0.05, 0.1) is 7.11 Å². The van der Waals surface area contributed by atoms with E-state index in [0.717, 1.165) is 60.3 Å². The van der Waals surface area contributed by atoms with Gasteiger partial charge < -0.3 is 14.6 Å². The molecular weight excluding hydrogens is 508 g/mol. The zero-order valence-corrected chi connectivity index (χ0v) is 26.5. The van der Waals surface area contributed by atoms with E-state index in [1.807, 2.05) is 0 Å². The minimum atomic E-state index is -0.298. The van der Waals surface area contributed by atoms with Crippen molar-refractivity contribution in [2.24, 2.45) is 46.3 Å². The van der Waals surface area contributed by atoms with Crippen LogP contribution in [0.2, 0.25) is 0 Å². The largest absolute Gasteiger partial charge is 0.504 e. The zero-order chi connectivity index (χ0) is 29.4. The molecule has 0 amide bonds. The molecule has 226 valence electrons. The number of carbonyl (C=O) groups excluding carboxylic acids is 1. The third kappa shape index (κ3) is 6.00. The Bertz CT molecular complexity index is 1150. The molecule has 0 spiro atoms. The van der Waals surface area contributed by atoms with Crippen molar-refractivity contribution in [3.8, 4) is 11.5 Å². The second kappa shape index (κ2) is 12.2. The van der Waals surface area contributed by atoms with Gasteiger partial charge in [-0.25, -0.2) is 4.79 Å². The third-order valence-corrected chi connectivity index (χ3v) is 12.2. The molecule has 0 heterocycles. The van der Waals surface area contributed by atoms with Crippen LogP contribution in [0.15, 0.2) is 35.9 Å². The highest BCUT2D eigenvalue weighted by Crippen LogP contribution is 2.67. The number of esters is 1. The highest BCUT2D eigenvalue weighted by Gasteiger charge is 2.59. The predicted molar refractivity (Wildman–Crippen MR) is 167 cm³/mol. The lowest BCUT2D eigenvalue weighted by molar-refractivity contribution is -0.145. The third-order valence-electron chi connectivity index (χ3n) is 12.2. The molecule has 1 N–H and O–H groups in total. The van der Waals surface area contributed by atoms with Gasteiger partial charge in [0.15, 0.2) is 11.5 Å². The summed E-state index contributed by atoms with van der Waals surface area (Å²) in [5, 5.41) is 9.80. The number of ether oxygens (including phenoxy) is 2. The summed E-state index contributed by atoms with van der Waals surface area (Å²) in [6, 6.07) is 5.04. The summed E-state index contributed by atoms with van der Waals surface area (Å²) in [6.07, 6.45) is 19.7. The Morgan fingerprint density at radius 1 is 1.07 bits per heavy atom. The fraction of sp³-hybridized carbons (Fsp3) is 0.703. The Balaban J connectivity index is 1.21. The average Bonchev–Trinajstić information content (AvgIpc) is 3.30. The lowest BCUT2D eigenvalue weighted by Crippen LogP contribution is -2.51. The number of rotatable bonds is 9. The molecule has 4 aliphatic rings. The maximum absolute atomic E-state index is 12.7. The van der Waals surface area contributed by atoms with E-state index in [1.54, 1.807) is 29.8 Å². The zero-order valence-electron chi connectivity index (χ0n) is 26.5. The van der Waals surface area contributed by atoms with Gasteiger partial charge in [0.25, 0.3) is 0 Å². The molecule has 4 unspecified atom stereocenters. The fourth-order valence-electron chi connectivity index (χ4n) is 9.92. The lowest BCUT2D eigenvalue weighted by atomic mass is 9.47. The normalized spacial score (nSPS) is 35.4. The van der Waals surface area contributed by atoms with Crippen LogP contribution in [0.1, 0.15) is 111 Å². The first-order chi connectivity index (χ1) is 19.5. The number of carbonyl (C=O) groups is 1. The molecule has 0 bridgehead atoms. The van der Waals surface area contributed by atoms with Gasteiger partial charge in [0, 0.05) is 12.5 Å². The smallest absolute Gasteiger partial charge is 0.331 e. The molecule has 0 saturated heterocycles. The van der Waals surface area contributed by atoms with E-state index < -0.39 is 0 Å². The van der Waals surface area contributed by atoms with Gasteiger partial charge in [-0.1, -0.05) is 71.6 Å². The van der Waals surface area contributed by atoms with Crippen molar-refractivity contribution in [2.45, 2.75) is 111 Å². The van der Waals surface area contributed by atoms with Crippen LogP contribution in [0.5, 0.6) is 11.5 Å². The minimum absolute atomic E-state index is 0.0474. The number of methoxy groups -OCH3 is 1. The Morgan fingerprint density at radius 3 is 2.63 bits per heavy atom. The molecule has 4 nitrogen and oxygen atoms in total. The van der Waals surface area contributed by atoms with Crippen molar-refractivity contribution in [1.29, 1.82) is 0 Å². The molecule has 1 aromatic carbocycles. The molecule has 0 aromatic heterocycles. The molecule has 3 fully saturated rings. The number of hydrogen-bond donors (Lipinski definition) is 1. The van der Waals surface area contributed by atoms with Crippen molar-refractivity contribution in [1.82, 2.24) is 0 Å². The maximum atomic E-state index is 12.7. The van der Waals surface area contributed by atoms with Crippen LogP contribution >= 0.6 is 0 Å². The van der Waals surface area contributed by atoms with Crippen LogP contribution in [0.3, 0.4) is 0 Å². The average molecular weight is 563 g/mol. The van der Waals surface area contributed by atoms with Crippen molar-refractivity contribution >= 4 is 12.0 Å². The van der Waals surface area contributed by atoms with Crippen molar-refractivity contribution < 1.29 is 19.4 Å². The van der Waals surface area contributed by atoms with Gasteiger partial charge in [0.2, 0.25) is 0 Å². The number of phenols is 1. The Hall–Kier alpha value is -2.23. The maximum Gasteiger partial charge on any atom is 0.331 e. The second-order valence-electron chi connectivity index (χ2n) is 14.9. The van der Waals surface area contributed by atoms with Crippen LogP contribution in [0.4, 0.5) is 0 Å². The summed E-state index contributed by atoms with van der Waals surface area (Å²) in [6.45, 7) is 12.5. The van der Waals surface area contributed by atoms with Gasteiger partial charge >= 0.3 is 5.97 Å². The summed E-state index contributed by atoms with van der Waals surface area (Å²) < 4.78 is 11.1. The van der Waals surface area contributed by atoms with E-state index in [0.29, 0.717) is 11.2 Å². The van der Waals surface area contributed by atoms with Gasteiger partial charge in [0.1, 0.15) is 6.10 Å². The summed E-state index contributed by atoms with van der Waals surface area (Å²) in [5.41, 5.74) is 3.11. The molecular formula is C37H54O4. The van der Waals surface area contributed by atoms with Crippen molar-refractivity contribution in [2.75, 3.05) is 7.11 Å². The second-order valence-corrected chi connectivity index (χ2v) is 14.9. The molecule has 4 aliphatic carbocycles. The predicted octanol–water partition coefficient (Wildman–Crippen LogP) is 9.37. The summed E-state index contributed by atoms with van der Waals surface area (Å²) in [5.74, 6) is 5.20. The quantitative estimate of drug-likeness (QED) is 0.185. The van der Waals surface area contributed by atoms with Gasteiger partial charge in [-0.05, 0) is 115 Å². The topological polar surface area (TPSA) is 55.8 Å². The SMILES string of the molecule is COc1cc(/C=C\C(=O)O[C@H]2CC[C@@]3(C)C(=CCC4C3CC[C@@]3(C)C4CC[C@@H]3C(C)CCCC(C)C)C2)ccc1O. The molecule has 5 rings (SSSR count). The van der Waals surface area contributed by atoms with Crippen LogP contribution in [-0.4, -0.2) is 24.3 Å². The van der Waals surface area contributed by atoms with E-state index in [2.05, 4.69) is 40.7 Å². The van der Waals surface area contributed by atoms with E-state index in [4.69, 9.17) is 9.47 Å². The van der Waals surface area contributed by atoms with Gasteiger partial charge in [-0.3, -0.25) is 0 Å². The number of allylic oxidation sites excluding steroid dienone is 1. The lowest BCUT2D eigenvalue weighted by Gasteiger charge is -2.58. The van der Waals surface area contributed by atoms with Gasteiger partial charge in [-0.15, -0.1) is 0 Å². The standard InChI is InChI=1S/C37H54O4/c1-24(2)8-7-9-25(3)30-14-15-31-29-13-12-27-23-28(18-20-36(27,4)32(29)19-21-37(30,31)5)41-35(39)17-11-26-10-16-33(38)34(22-26)40-6/h10-12,16-17,22,24-25,28-32,38H,7-9,13-15,18-21,23H2,1-6H3/b17-11-/t25?,28-,29?,30+,31?,32?,36-,37+/m0/s1. The number of phenolic OH excluding ortho intramolecular Hbond substituents is 1. The molecule has 8 atom stereocenters. The summed E-state index contributed by atoms with van der Waals surface area (Å²) >= 11 is 0. The summed E-state index contributed by atoms with van der Waals surface area (Å²) in [7, 11) is 1.52. The minimum Gasteiger partial charge on any atom is -0.504 e. The highest BCUT2D eigenvalue weighted by atomic mass is 16.5. The first kappa shape index (κ1) is 30.2. The Labute approximate surface area is 249 Å². The van der Waals surface area contributed by atoms with E-state index >= 15 is 0 Å². The number of benzene rings is 1. The Kier molecular flexibility index (Phi) is 8.98. The molecule has 41 heavy (non-hydrogen) atoms. The van der Waals surface area contributed by atoms with Crippen molar-refractivity contribution in [3.63, 3.8) is 0 Å².